The van der Waals surface area contributed by atoms with Crippen LogP contribution in [0.3, 0.4) is 0 Å². The molecule has 3 nitrogen and oxygen atoms in total. The molecule has 0 aliphatic carbocycles. The lowest BCUT2D eigenvalue weighted by Gasteiger charge is -2.33. The SMILES string of the molecule is CCC[NH+]1CCN(c2ccc(N)cc2)CC1. The Balaban J connectivity index is 1.91. The van der Waals surface area contributed by atoms with E-state index in [1.807, 2.05) is 12.1 Å². The molecule has 88 valence electrons. The molecule has 1 saturated heterocycles. The molecule has 0 aromatic heterocycles. The average molecular weight is 220 g/mol. The third-order valence-corrected chi connectivity index (χ3v) is 3.33. The Hall–Kier alpha value is -1.22. The fourth-order valence-corrected chi connectivity index (χ4v) is 2.37. The van der Waals surface area contributed by atoms with Gasteiger partial charge in [0.2, 0.25) is 0 Å². The van der Waals surface area contributed by atoms with E-state index >= 15 is 0 Å². The first kappa shape index (κ1) is 11.3. The number of nitrogens with zero attached hydrogens (tertiary/aromatic N) is 1. The minimum absolute atomic E-state index is 0.846. The molecule has 1 heterocycles. The van der Waals surface area contributed by atoms with Crippen LogP contribution < -0.4 is 15.5 Å². The summed E-state index contributed by atoms with van der Waals surface area (Å²) >= 11 is 0. The number of piperazine rings is 1. The summed E-state index contributed by atoms with van der Waals surface area (Å²) in [7, 11) is 0. The van der Waals surface area contributed by atoms with Crippen molar-refractivity contribution in [2.24, 2.45) is 0 Å². The fourth-order valence-electron chi connectivity index (χ4n) is 2.37. The number of hydrogen-bond acceptors (Lipinski definition) is 2. The summed E-state index contributed by atoms with van der Waals surface area (Å²) in [6.07, 6.45) is 1.29. The normalized spacial score (nSPS) is 17.7. The molecule has 16 heavy (non-hydrogen) atoms. The van der Waals surface area contributed by atoms with Crippen molar-refractivity contribution in [2.75, 3.05) is 43.4 Å². The van der Waals surface area contributed by atoms with E-state index in [-0.39, 0.29) is 0 Å². The van der Waals surface area contributed by atoms with Crippen molar-refractivity contribution in [3.63, 3.8) is 0 Å². The molecule has 0 radical (unpaired) electrons. The molecule has 1 aliphatic rings. The molecule has 1 fully saturated rings. The van der Waals surface area contributed by atoms with E-state index in [2.05, 4.69) is 24.0 Å². The third-order valence-electron chi connectivity index (χ3n) is 3.33. The largest absolute Gasteiger partial charge is 0.399 e. The van der Waals surface area contributed by atoms with Crippen molar-refractivity contribution < 1.29 is 4.90 Å². The van der Waals surface area contributed by atoms with Gasteiger partial charge in [-0.15, -0.1) is 0 Å². The lowest BCUT2D eigenvalue weighted by Crippen LogP contribution is -3.14. The fraction of sp³-hybridized carbons (Fsp3) is 0.538. The van der Waals surface area contributed by atoms with Gasteiger partial charge in [-0.05, 0) is 30.7 Å². The van der Waals surface area contributed by atoms with Gasteiger partial charge in [0.25, 0.3) is 0 Å². The molecule has 0 spiro atoms. The Morgan fingerprint density at radius 1 is 1.19 bits per heavy atom. The van der Waals surface area contributed by atoms with E-state index in [4.69, 9.17) is 5.73 Å². The summed E-state index contributed by atoms with van der Waals surface area (Å²) < 4.78 is 0. The Morgan fingerprint density at radius 3 is 2.38 bits per heavy atom. The molecule has 3 heteroatoms. The van der Waals surface area contributed by atoms with Crippen LogP contribution in [0.1, 0.15) is 13.3 Å². The lowest BCUT2D eigenvalue weighted by molar-refractivity contribution is -0.900. The van der Waals surface area contributed by atoms with Crippen molar-refractivity contribution in [1.82, 2.24) is 0 Å². The zero-order valence-electron chi connectivity index (χ0n) is 10.1. The molecule has 0 atom stereocenters. The van der Waals surface area contributed by atoms with Crippen molar-refractivity contribution in [3.05, 3.63) is 24.3 Å². The molecule has 2 rings (SSSR count). The zero-order chi connectivity index (χ0) is 11.4. The first-order valence-electron chi connectivity index (χ1n) is 6.23. The van der Waals surface area contributed by atoms with Gasteiger partial charge in [0, 0.05) is 11.4 Å². The minimum Gasteiger partial charge on any atom is -0.399 e. The van der Waals surface area contributed by atoms with Crippen LogP contribution in [0, 0.1) is 0 Å². The molecule has 1 aromatic rings. The highest BCUT2D eigenvalue weighted by Crippen LogP contribution is 2.15. The first-order chi connectivity index (χ1) is 7.79. The van der Waals surface area contributed by atoms with Gasteiger partial charge in [-0.3, -0.25) is 0 Å². The van der Waals surface area contributed by atoms with Crippen LogP contribution in [0.5, 0.6) is 0 Å². The molecule has 0 saturated carbocycles. The van der Waals surface area contributed by atoms with Gasteiger partial charge in [-0.1, -0.05) is 6.92 Å². The maximum Gasteiger partial charge on any atom is 0.0949 e. The van der Waals surface area contributed by atoms with E-state index in [1.54, 1.807) is 4.90 Å². The quantitative estimate of drug-likeness (QED) is 0.722. The topological polar surface area (TPSA) is 33.7 Å². The number of nitrogens with one attached hydrogen (secondary N) is 1. The van der Waals surface area contributed by atoms with Gasteiger partial charge in [-0.2, -0.15) is 0 Å². The van der Waals surface area contributed by atoms with Gasteiger partial charge >= 0.3 is 0 Å². The Bertz CT molecular complexity index is 312. The number of hydrogen-bond donors (Lipinski definition) is 2. The van der Waals surface area contributed by atoms with Crippen molar-refractivity contribution in [2.45, 2.75) is 13.3 Å². The number of quaternary nitrogens is 1. The number of nitrogen functional groups attached to an aromatic ring is 1. The Morgan fingerprint density at radius 2 is 1.81 bits per heavy atom. The second-order valence-corrected chi connectivity index (χ2v) is 4.58. The summed E-state index contributed by atoms with van der Waals surface area (Å²) in [4.78, 5) is 4.20. The predicted molar refractivity (Wildman–Crippen MR) is 68.9 cm³/mol. The van der Waals surface area contributed by atoms with Crippen LogP contribution in [-0.4, -0.2) is 32.7 Å². The van der Waals surface area contributed by atoms with Gasteiger partial charge in [0.05, 0.1) is 32.7 Å². The monoisotopic (exact) mass is 220 g/mol. The van der Waals surface area contributed by atoms with Crippen LogP contribution in [-0.2, 0) is 0 Å². The van der Waals surface area contributed by atoms with Gasteiger partial charge < -0.3 is 15.5 Å². The second-order valence-electron chi connectivity index (χ2n) is 4.58. The summed E-state index contributed by atoms with van der Waals surface area (Å²) in [5.74, 6) is 0. The summed E-state index contributed by atoms with van der Waals surface area (Å²) in [6.45, 7) is 8.43. The van der Waals surface area contributed by atoms with E-state index in [1.165, 1.54) is 44.8 Å². The van der Waals surface area contributed by atoms with E-state index in [0.29, 0.717) is 0 Å². The highest BCUT2D eigenvalue weighted by atomic mass is 15.3. The van der Waals surface area contributed by atoms with Crippen LogP contribution in [0.2, 0.25) is 0 Å². The zero-order valence-corrected chi connectivity index (χ0v) is 10.1. The second kappa shape index (κ2) is 5.21. The van der Waals surface area contributed by atoms with Gasteiger partial charge in [-0.25, -0.2) is 0 Å². The smallest absolute Gasteiger partial charge is 0.0949 e. The molecule has 0 bridgehead atoms. The summed E-state index contributed by atoms with van der Waals surface area (Å²) in [6, 6.07) is 8.22. The first-order valence-corrected chi connectivity index (χ1v) is 6.23. The molecule has 3 N–H and O–H groups in total. The van der Waals surface area contributed by atoms with Crippen LogP contribution in [0.4, 0.5) is 11.4 Å². The van der Waals surface area contributed by atoms with E-state index in [9.17, 15) is 0 Å². The number of anilines is 2. The van der Waals surface area contributed by atoms with Crippen LogP contribution in [0.15, 0.2) is 24.3 Å². The Kier molecular flexibility index (Phi) is 3.67. The minimum atomic E-state index is 0.846. The summed E-state index contributed by atoms with van der Waals surface area (Å²) in [5.41, 5.74) is 7.85. The van der Waals surface area contributed by atoms with Gasteiger partial charge in [0.1, 0.15) is 0 Å². The maximum absolute atomic E-state index is 5.70. The molecule has 1 aliphatic heterocycles. The van der Waals surface area contributed by atoms with Crippen molar-refractivity contribution in [1.29, 1.82) is 0 Å². The number of rotatable bonds is 3. The molecular weight excluding hydrogens is 198 g/mol. The van der Waals surface area contributed by atoms with Crippen LogP contribution in [0.25, 0.3) is 0 Å². The van der Waals surface area contributed by atoms with E-state index in [0.717, 1.165) is 5.69 Å². The molecule has 1 aromatic carbocycles. The van der Waals surface area contributed by atoms with Crippen molar-refractivity contribution >= 4 is 11.4 Å². The number of nitrogens with two attached hydrogens (primary N) is 1. The van der Waals surface area contributed by atoms with Gasteiger partial charge in [0.15, 0.2) is 0 Å². The molecule has 0 amide bonds. The Labute approximate surface area is 97.8 Å². The standard InChI is InChI=1S/C13H21N3/c1-2-7-15-8-10-16(11-9-15)13-5-3-12(14)4-6-13/h3-6H,2,7-11,14H2,1H3/p+1. The predicted octanol–water partition coefficient (Wildman–Crippen LogP) is 0.384. The average Bonchev–Trinajstić information content (AvgIpc) is 2.32. The molecule has 0 unspecified atom stereocenters. The highest BCUT2D eigenvalue weighted by molar-refractivity contribution is 5.53. The van der Waals surface area contributed by atoms with Crippen molar-refractivity contribution in [3.8, 4) is 0 Å². The maximum atomic E-state index is 5.70. The third kappa shape index (κ3) is 2.67. The number of benzene rings is 1. The summed E-state index contributed by atoms with van der Waals surface area (Å²) in [5, 5.41) is 0. The van der Waals surface area contributed by atoms with Crippen LogP contribution >= 0.6 is 0 Å². The lowest BCUT2D eigenvalue weighted by atomic mass is 10.2. The highest BCUT2D eigenvalue weighted by Gasteiger charge is 2.18. The van der Waals surface area contributed by atoms with E-state index < -0.39 is 0 Å². The molecular formula is C13H22N3+.